The van der Waals surface area contributed by atoms with Crippen molar-refractivity contribution >= 4 is 16.7 Å². The van der Waals surface area contributed by atoms with Gasteiger partial charge < -0.3 is 19.7 Å². The SMILES string of the molecule is COCC1CC2(CCN(c3nc(-c4ccncc4)nc4cncc(OC)c34)CC2)CN1. The molecule has 0 amide bonds. The molecule has 8 heteroatoms. The fraction of sp³-hybridized carbons (Fsp3) is 0.478. The molecular weight excluding hydrogens is 392 g/mol. The van der Waals surface area contributed by atoms with E-state index in [4.69, 9.17) is 19.4 Å². The van der Waals surface area contributed by atoms with Crippen LogP contribution in [0.1, 0.15) is 19.3 Å². The number of anilines is 1. The quantitative estimate of drug-likeness (QED) is 0.674. The van der Waals surface area contributed by atoms with Gasteiger partial charge in [-0.15, -0.1) is 0 Å². The minimum Gasteiger partial charge on any atom is -0.494 e. The molecule has 2 saturated heterocycles. The van der Waals surface area contributed by atoms with Crippen LogP contribution in [0.5, 0.6) is 5.75 Å². The molecule has 3 aromatic heterocycles. The van der Waals surface area contributed by atoms with Gasteiger partial charge in [-0.1, -0.05) is 0 Å². The van der Waals surface area contributed by atoms with Crippen molar-refractivity contribution in [2.75, 3.05) is 45.4 Å². The second-order valence-corrected chi connectivity index (χ2v) is 8.57. The van der Waals surface area contributed by atoms with E-state index in [0.717, 1.165) is 61.4 Å². The van der Waals surface area contributed by atoms with E-state index in [-0.39, 0.29) is 0 Å². The summed E-state index contributed by atoms with van der Waals surface area (Å²) in [5, 5.41) is 4.57. The molecule has 2 fully saturated rings. The maximum Gasteiger partial charge on any atom is 0.162 e. The van der Waals surface area contributed by atoms with E-state index >= 15 is 0 Å². The third-order valence-electron chi connectivity index (χ3n) is 6.65. The van der Waals surface area contributed by atoms with E-state index in [1.165, 1.54) is 6.42 Å². The van der Waals surface area contributed by atoms with Crippen LogP contribution < -0.4 is 15.0 Å². The second kappa shape index (κ2) is 8.36. The van der Waals surface area contributed by atoms with Gasteiger partial charge in [-0.3, -0.25) is 9.97 Å². The molecule has 0 radical (unpaired) electrons. The molecule has 0 aliphatic carbocycles. The van der Waals surface area contributed by atoms with Gasteiger partial charge in [0.15, 0.2) is 5.82 Å². The lowest BCUT2D eigenvalue weighted by atomic mass is 9.76. The highest BCUT2D eigenvalue weighted by Gasteiger charge is 2.41. The minimum atomic E-state index is 0.349. The molecule has 0 saturated carbocycles. The molecule has 31 heavy (non-hydrogen) atoms. The van der Waals surface area contributed by atoms with Crippen molar-refractivity contribution in [2.24, 2.45) is 5.41 Å². The van der Waals surface area contributed by atoms with Crippen LogP contribution >= 0.6 is 0 Å². The van der Waals surface area contributed by atoms with E-state index in [9.17, 15) is 0 Å². The molecule has 3 aromatic rings. The number of hydrogen-bond acceptors (Lipinski definition) is 8. The van der Waals surface area contributed by atoms with Gasteiger partial charge in [-0.05, 0) is 36.8 Å². The van der Waals surface area contributed by atoms with Crippen molar-refractivity contribution in [3.05, 3.63) is 36.9 Å². The third kappa shape index (κ3) is 3.81. The number of ether oxygens (including phenoxy) is 2. The van der Waals surface area contributed by atoms with Crippen LogP contribution in [-0.4, -0.2) is 66.4 Å². The van der Waals surface area contributed by atoms with Crippen molar-refractivity contribution in [1.82, 2.24) is 25.3 Å². The number of piperidine rings is 1. The first-order chi connectivity index (χ1) is 15.2. The summed E-state index contributed by atoms with van der Waals surface area (Å²) >= 11 is 0. The number of methoxy groups -OCH3 is 2. The van der Waals surface area contributed by atoms with Gasteiger partial charge in [0.2, 0.25) is 0 Å². The Morgan fingerprint density at radius 3 is 2.65 bits per heavy atom. The fourth-order valence-electron chi connectivity index (χ4n) is 4.97. The molecule has 0 bridgehead atoms. The topological polar surface area (TPSA) is 85.3 Å². The standard InChI is InChI=1S/C23H28N6O2/c1-30-14-17-11-23(15-26-17)5-9-29(10-6-23)22-20-18(12-25-13-19(20)31-2)27-21(28-22)16-3-7-24-8-4-16/h3-4,7-8,12-13,17,26H,5-6,9-11,14-15H2,1-2H3. The molecule has 8 nitrogen and oxygen atoms in total. The van der Waals surface area contributed by atoms with Crippen LogP contribution in [0.15, 0.2) is 36.9 Å². The normalized spacial score (nSPS) is 20.5. The van der Waals surface area contributed by atoms with Crippen molar-refractivity contribution in [3.63, 3.8) is 0 Å². The van der Waals surface area contributed by atoms with E-state index in [1.807, 2.05) is 12.1 Å². The smallest absolute Gasteiger partial charge is 0.162 e. The summed E-state index contributed by atoms with van der Waals surface area (Å²) in [6.45, 7) is 3.75. The van der Waals surface area contributed by atoms with Crippen molar-refractivity contribution in [1.29, 1.82) is 0 Å². The van der Waals surface area contributed by atoms with Crippen molar-refractivity contribution < 1.29 is 9.47 Å². The van der Waals surface area contributed by atoms with Crippen molar-refractivity contribution in [2.45, 2.75) is 25.3 Å². The Hall–Kier alpha value is -2.84. The number of pyridine rings is 2. The van der Waals surface area contributed by atoms with Crippen molar-refractivity contribution in [3.8, 4) is 17.1 Å². The fourth-order valence-corrected chi connectivity index (χ4v) is 4.97. The summed E-state index contributed by atoms with van der Waals surface area (Å²) in [7, 11) is 3.44. The Balaban J connectivity index is 1.49. The molecule has 5 rings (SSSR count). The number of nitrogens with one attached hydrogen (secondary N) is 1. The maximum atomic E-state index is 5.64. The Kier molecular flexibility index (Phi) is 5.41. The lowest BCUT2D eigenvalue weighted by molar-refractivity contribution is 0.163. The molecule has 0 aromatic carbocycles. The second-order valence-electron chi connectivity index (χ2n) is 8.57. The van der Waals surface area contributed by atoms with Crippen LogP contribution in [0.2, 0.25) is 0 Å². The largest absolute Gasteiger partial charge is 0.494 e. The first kappa shape index (κ1) is 20.1. The van der Waals surface area contributed by atoms with Gasteiger partial charge in [0.25, 0.3) is 0 Å². The molecule has 1 N–H and O–H groups in total. The lowest BCUT2D eigenvalue weighted by Crippen LogP contribution is -2.41. The summed E-state index contributed by atoms with van der Waals surface area (Å²) in [4.78, 5) is 20.6. The Bertz CT molecular complexity index is 1050. The average molecular weight is 421 g/mol. The van der Waals surface area contributed by atoms with E-state index in [0.29, 0.717) is 23.0 Å². The van der Waals surface area contributed by atoms with Crippen LogP contribution in [0.25, 0.3) is 22.3 Å². The van der Waals surface area contributed by atoms with E-state index < -0.39 is 0 Å². The highest BCUT2D eigenvalue weighted by molar-refractivity contribution is 5.95. The van der Waals surface area contributed by atoms with Gasteiger partial charge in [-0.25, -0.2) is 9.97 Å². The van der Waals surface area contributed by atoms with Crippen LogP contribution in [0.4, 0.5) is 5.82 Å². The molecule has 162 valence electrons. The number of hydrogen-bond donors (Lipinski definition) is 1. The first-order valence-electron chi connectivity index (χ1n) is 10.8. The molecular formula is C23H28N6O2. The highest BCUT2D eigenvalue weighted by Crippen LogP contribution is 2.42. The Morgan fingerprint density at radius 1 is 1.10 bits per heavy atom. The number of nitrogens with zero attached hydrogens (tertiary/aromatic N) is 5. The molecule has 1 spiro atoms. The summed E-state index contributed by atoms with van der Waals surface area (Å²) in [5.74, 6) is 2.31. The minimum absolute atomic E-state index is 0.349. The molecule has 1 atom stereocenters. The van der Waals surface area contributed by atoms with Gasteiger partial charge in [0.05, 0.1) is 37.0 Å². The number of rotatable bonds is 5. The van der Waals surface area contributed by atoms with E-state index in [2.05, 4.69) is 20.2 Å². The Labute approximate surface area is 182 Å². The van der Waals surface area contributed by atoms with Gasteiger partial charge >= 0.3 is 0 Å². The summed E-state index contributed by atoms with van der Waals surface area (Å²) in [6, 6.07) is 4.33. The number of fused-ring (bicyclic) bond motifs is 1. The zero-order chi connectivity index (χ0) is 21.3. The zero-order valence-electron chi connectivity index (χ0n) is 18.0. The Morgan fingerprint density at radius 2 is 1.90 bits per heavy atom. The first-order valence-corrected chi connectivity index (χ1v) is 10.8. The summed E-state index contributed by atoms with van der Waals surface area (Å²) in [6.07, 6.45) is 10.5. The lowest BCUT2D eigenvalue weighted by Gasteiger charge is -2.40. The van der Waals surface area contributed by atoms with Gasteiger partial charge in [-0.2, -0.15) is 0 Å². The van der Waals surface area contributed by atoms with Gasteiger partial charge in [0.1, 0.15) is 11.6 Å². The molecule has 5 heterocycles. The maximum absolute atomic E-state index is 5.64. The molecule has 2 aliphatic heterocycles. The molecule has 1 unspecified atom stereocenters. The third-order valence-corrected chi connectivity index (χ3v) is 6.65. The van der Waals surface area contributed by atoms with Gasteiger partial charge in [0, 0.05) is 50.7 Å². The zero-order valence-corrected chi connectivity index (χ0v) is 18.0. The monoisotopic (exact) mass is 420 g/mol. The van der Waals surface area contributed by atoms with Crippen LogP contribution in [0.3, 0.4) is 0 Å². The predicted octanol–water partition coefficient (Wildman–Crippen LogP) is 2.69. The number of aromatic nitrogens is 4. The molecule has 2 aliphatic rings. The summed E-state index contributed by atoms with van der Waals surface area (Å²) in [5.41, 5.74) is 2.08. The van der Waals surface area contributed by atoms with E-state index in [1.54, 1.807) is 39.0 Å². The van der Waals surface area contributed by atoms with Crippen LogP contribution in [-0.2, 0) is 4.74 Å². The van der Waals surface area contributed by atoms with Crippen LogP contribution in [0, 0.1) is 5.41 Å². The average Bonchev–Trinajstić information content (AvgIpc) is 3.21. The summed E-state index contributed by atoms with van der Waals surface area (Å²) < 4.78 is 11.0. The highest BCUT2D eigenvalue weighted by atomic mass is 16.5. The predicted molar refractivity (Wildman–Crippen MR) is 119 cm³/mol.